The minimum absolute atomic E-state index is 0.117. The van der Waals surface area contributed by atoms with E-state index in [-0.39, 0.29) is 11.8 Å². The second-order valence-corrected chi connectivity index (χ2v) is 11.2. The predicted molar refractivity (Wildman–Crippen MR) is 150 cm³/mol. The van der Waals surface area contributed by atoms with Crippen molar-refractivity contribution in [3.8, 4) is 0 Å². The van der Waals surface area contributed by atoms with E-state index >= 15 is 4.39 Å². The molecule has 3 heterocycles. The molecule has 0 spiro atoms. The Balaban J connectivity index is 1.38. The molecule has 0 aliphatic carbocycles. The molecule has 0 saturated carbocycles. The summed E-state index contributed by atoms with van der Waals surface area (Å²) in [6, 6.07) is 7.35. The number of rotatable bonds is 11. The molecule has 8 heteroatoms. The average Bonchev–Trinajstić information content (AvgIpc) is 3.24. The molecule has 1 aliphatic heterocycles. The largest absolute Gasteiger partial charge is 0.466 e. The SMILES string of the molecule is CCOC(=O)CCC[N+](C)(C)CCCCN1C=C/C(=C\c2nc3ncc(C)cc3s2)c2c(F)cccc21. The van der Waals surface area contributed by atoms with Crippen LogP contribution in [0.15, 0.2) is 42.7 Å². The van der Waals surface area contributed by atoms with Crippen molar-refractivity contribution >= 4 is 45.0 Å². The Bertz CT molecular complexity index is 1310. The predicted octanol–water partition coefficient (Wildman–Crippen LogP) is 6.21. The van der Waals surface area contributed by atoms with Gasteiger partial charge in [0.15, 0.2) is 5.65 Å². The van der Waals surface area contributed by atoms with E-state index in [1.165, 1.54) is 6.07 Å². The first kappa shape index (κ1) is 26.9. The molecule has 0 saturated heterocycles. The molecule has 6 nitrogen and oxygen atoms in total. The highest BCUT2D eigenvalue weighted by Gasteiger charge is 2.21. The minimum atomic E-state index is -0.229. The molecular weight excluding hydrogens is 487 g/mol. The number of allylic oxidation sites excluding steroid dienone is 2. The number of halogens is 1. The number of hydrogen-bond donors (Lipinski definition) is 0. The standard InChI is InChI=1S/C29H36FN4O2S/c1-5-36-27(35)12-9-17-34(3,4)16-7-6-14-33-15-13-22(28-23(30)10-8-11-24(28)33)19-26-32-29-25(37-26)18-21(2)20-31-29/h8,10-11,13,15,18-20H,5-7,9,12,14,16-17H2,1-4H3/q+1/b22-19+. The summed E-state index contributed by atoms with van der Waals surface area (Å²) in [5, 5.41) is 0.818. The fourth-order valence-electron chi connectivity index (χ4n) is 4.63. The molecular formula is C29H36FN4O2S+. The van der Waals surface area contributed by atoms with Gasteiger partial charge in [0.2, 0.25) is 0 Å². The number of thiazole rings is 1. The third kappa shape index (κ3) is 7.02. The number of quaternary nitrogens is 1. The van der Waals surface area contributed by atoms with Crippen LogP contribution in [0.3, 0.4) is 0 Å². The topological polar surface area (TPSA) is 55.3 Å². The number of anilines is 1. The lowest BCUT2D eigenvalue weighted by Gasteiger charge is -2.31. The lowest BCUT2D eigenvalue weighted by molar-refractivity contribution is -0.890. The van der Waals surface area contributed by atoms with Gasteiger partial charge in [-0.3, -0.25) is 4.79 Å². The molecule has 0 unspecified atom stereocenters. The number of fused-ring (bicyclic) bond motifs is 2. The highest BCUT2D eigenvalue weighted by Crippen LogP contribution is 2.37. The fraction of sp³-hybridized carbons (Fsp3) is 0.414. The number of pyridine rings is 1. The van der Waals surface area contributed by atoms with E-state index in [4.69, 9.17) is 4.74 Å². The number of aryl methyl sites for hydroxylation is 1. The van der Waals surface area contributed by atoms with E-state index in [0.29, 0.717) is 18.6 Å². The van der Waals surface area contributed by atoms with Gasteiger partial charge in [0, 0.05) is 30.9 Å². The lowest BCUT2D eigenvalue weighted by atomic mass is 9.98. The van der Waals surface area contributed by atoms with Crippen LogP contribution < -0.4 is 4.90 Å². The zero-order chi connectivity index (χ0) is 26.4. The van der Waals surface area contributed by atoms with Crippen molar-refractivity contribution in [2.45, 2.75) is 39.5 Å². The molecule has 4 rings (SSSR count). The van der Waals surface area contributed by atoms with Crippen LogP contribution in [0.4, 0.5) is 10.1 Å². The van der Waals surface area contributed by atoms with Gasteiger partial charge in [-0.2, -0.15) is 0 Å². The summed E-state index contributed by atoms with van der Waals surface area (Å²) in [5.41, 5.74) is 4.13. The van der Waals surface area contributed by atoms with E-state index in [0.717, 1.165) is 75.6 Å². The van der Waals surface area contributed by atoms with Crippen molar-refractivity contribution < 1.29 is 18.4 Å². The van der Waals surface area contributed by atoms with Crippen LogP contribution in [0.5, 0.6) is 0 Å². The molecule has 0 radical (unpaired) electrons. The molecule has 37 heavy (non-hydrogen) atoms. The first-order valence-electron chi connectivity index (χ1n) is 12.9. The van der Waals surface area contributed by atoms with E-state index in [1.54, 1.807) is 17.4 Å². The van der Waals surface area contributed by atoms with Crippen LogP contribution in [0.1, 0.15) is 48.7 Å². The van der Waals surface area contributed by atoms with Gasteiger partial charge in [-0.05, 0) is 68.2 Å². The van der Waals surface area contributed by atoms with E-state index in [2.05, 4.69) is 35.0 Å². The highest BCUT2D eigenvalue weighted by atomic mass is 32.1. The maximum absolute atomic E-state index is 15.1. The second-order valence-electron chi connectivity index (χ2n) is 10.1. The van der Waals surface area contributed by atoms with Crippen molar-refractivity contribution in [3.05, 3.63) is 64.7 Å². The fourth-order valence-corrected chi connectivity index (χ4v) is 5.61. The smallest absolute Gasteiger partial charge is 0.305 e. The summed E-state index contributed by atoms with van der Waals surface area (Å²) in [5.74, 6) is -0.346. The Morgan fingerprint density at radius 2 is 2.03 bits per heavy atom. The number of carbonyl (C=O) groups excluding carboxylic acids is 1. The van der Waals surface area contributed by atoms with Crippen LogP contribution in [0, 0.1) is 12.7 Å². The molecule has 0 atom stereocenters. The van der Waals surface area contributed by atoms with E-state index in [9.17, 15) is 4.79 Å². The number of nitrogens with zero attached hydrogens (tertiary/aromatic N) is 4. The molecule has 3 aromatic rings. The lowest BCUT2D eigenvalue weighted by Crippen LogP contribution is -2.41. The van der Waals surface area contributed by atoms with Crippen LogP contribution in [-0.4, -0.2) is 60.8 Å². The number of unbranched alkanes of at least 4 members (excludes halogenated alkanes) is 1. The molecule has 0 amide bonds. The Kier molecular flexibility index (Phi) is 8.71. The van der Waals surface area contributed by atoms with Crippen molar-refractivity contribution in [2.24, 2.45) is 0 Å². The Hall–Kier alpha value is -3.10. The third-order valence-corrected chi connectivity index (χ3v) is 7.50. The van der Waals surface area contributed by atoms with Gasteiger partial charge in [-0.15, -0.1) is 11.3 Å². The number of esters is 1. The van der Waals surface area contributed by atoms with Gasteiger partial charge in [0.25, 0.3) is 0 Å². The molecule has 196 valence electrons. The van der Waals surface area contributed by atoms with Crippen LogP contribution in [0.25, 0.3) is 22.0 Å². The quantitative estimate of drug-likeness (QED) is 0.170. The van der Waals surface area contributed by atoms with Gasteiger partial charge < -0.3 is 14.1 Å². The zero-order valence-electron chi connectivity index (χ0n) is 22.2. The van der Waals surface area contributed by atoms with Gasteiger partial charge >= 0.3 is 5.97 Å². The van der Waals surface area contributed by atoms with Gasteiger partial charge in [0.05, 0.1) is 50.6 Å². The summed E-state index contributed by atoms with van der Waals surface area (Å²) in [4.78, 5) is 22.8. The number of aromatic nitrogens is 2. The molecule has 1 aliphatic rings. The highest BCUT2D eigenvalue weighted by molar-refractivity contribution is 7.19. The zero-order valence-corrected chi connectivity index (χ0v) is 23.0. The first-order chi connectivity index (χ1) is 17.8. The summed E-state index contributed by atoms with van der Waals surface area (Å²) < 4.78 is 22.0. The van der Waals surface area contributed by atoms with Crippen molar-refractivity contribution in [1.82, 2.24) is 9.97 Å². The minimum Gasteiger partial charge on any atom is -0.466 e. The number of hydrogen-bond acceptors (Lipinski definition) is 6. The molecule has 0 bridgehead atoms. The van der Waals surface area contributed by atoms with E-state index < -0.39 is 0 Å². The first-order valence-corrected chi connectivity index (χ1v) is 13.7. The number of ether oxygens (including phenoxy) is 1. The molecule has 1 aromatic carbocycles. The Morgan fingerprint density at radius 1 is 1.22 bits per heavy atom. The van der Waals surface area contributed by atoms with Crippen molar-refractivity contribution in [1.29, 1.82) is 0 Å². The van der Waals surface area contributed by atoms with Crippen molar-refractivity contribution in [2.75, 3.05) is 45.2 Å². The Morgan fingerprint density at radius 3 is 2.84 bits per heavy atom. The third-order valence-electron chi connectivity index (χ3n) is 6.57. The summed E-state index contributed by atoms with van der Waals surface area (Å²) >= 11 is 1.57. The number of carbonyl (C=O) groups is 1. The van der Waals surface area contributed by atoms with Crippen LogP contribution >= 0.6 is 11.3 Å². The van der Waals surface area contributed by atoms with Crippen molar-refractivity contribution in [3.63, 3.8) is 0 Å². The molecule has 2 aromatic heterocycles. The van der Waals surface area contributed by atoms with Gasteiger partial charge in [-0.1, -0.05) is 6.07 Å². The Labute approximate surface area is 222 Å². The van der Waals surface area contributed by atoms with Gasteiger partial charge in [0.1, 0.15) is 10.8 Å². The maximum Gasteiger partial charge on any atom is 0.305 e. The monoisotopic (exact) mass is 523 g/mol. The average molecular weight is 524 g/mol. The summed E-state index contributed by atoms with van der Waals surface area (Å²) in [6.07, 6.45) is 11.1. The van der Waals surface area contributed by atoms with Crippen LogP contribution in [0.2, 0.25) is 0 Å². The van der Waals surface area contributed by atoms with E-state index in [1.807, 2.05) is 44.5 Å². The summed E-state index contributed by atoms with van der Waals surface area (Å²) in [7, 11) is 4.40. The number of benzene rings is 1. The molecule has 0 N–H and O–H groups in total. The van der Waals surface area contributed by atoms with Gasteiger partial charge in [-0.25, -0.2) is 14.4 Å². The van der Waals surface area contributed by atoms with Crippen LogP contribution in [-0.2, 0) is 9.53 Å². The second kappa shape index (κ2) is 12.0. The summed E-state index contributed by atoms with van der Waals surface area (Å²) in [6.45, 7) is 7.05. The maximum atomic E-state index is 15.1. The normalized spacial score (nSPS) is 14.4. The molecule has 0 fully saturated rings.